The maximum atomic E-state index is 12.3. The van der Waals surface area contributed by atoms with Gasteiger partial charge in [-0.2, -0.15) is 0 Å². The third kappa shape index (κ3) is 3.70. The zero-order valence-electron chi connectivity index (χ0n) is 15.3. The van der Waals surface area contributed by atoms with Crippen molar-refractivity contribution in [3.63, 3.8) is 0 Å². The fraction of sp³-hybridized carbons (Fsp3) is 0.500. The molecule has 6 heteroatoms. The molecular formula is C20H25N3O2S. The van der Waals surface area contributed by atoms with Crippen LogP contribution in [0.5, 0.6) is 5.75 Å². The van der Waals surface area contributed by atoms with Gasteiger partial charge in [0, 0.05) is 11.3 Å². The minimum Gasteiger partial charge on any atom is -0.493 e. The molecule has 0 radical (unpaired) electrons. The van der Waals surface area contributed by atoms with Gasteiger partial charge in [-0.05, 0) is 55.4 Å². The first-order valence-corrected chi connectivity index (χ1v) is 10.2. The first-order chi connectivity index (χ1) is 12.6. The number of nitrogens with one attached hydrogen (secondary N) is 2. The van der Waals surface area contributed by atoms with Gasteiger partial charge < -0.3 is 15.4 Å². The number of thiazole rings is 1. The van der Waals surface area contributed by atoms with E-state index >= 15 is 0 Å². The lowest BCUT2D eigenvalue weighted by Gasteiger charge is -2.15. The van der Waals surface area contributed by atoms with Crippen molar-refractivity contribution in [3.05, 3.63) is 44.9 Å². The molecule has 1 aromatic heterocycles. The molecular weight excluding hydrogens is 346 g/mol. The lowest BCUT2D eigenvalue weighted by atomic mass is 9.93. The van der Waals surface area contributed by atoms with Gasteiger partial charge in [0.05, 0.1) is 24.9 Å². The molecule has 0 fully saturated rings. The molecule has 2 aliphatic rings. The van der Waals surface area contributed by atoms with Crippen LogP contribution in [0.4, 0.5) is 4.79 Å². The lowest BCUT2D eigenvalue weighted by molar-refractivity contribution is 0.237. The van der Waals surface area contributed by atoms with E-state index in [-0.39, 0.29) is 12.1 Å². The van der Waals surface area contributed by atoms with Crippen molar-refractivity contribution >= 4 is 17.4 Å². The number of aryl methyl sites for hydroxylation is 1. The van der Waals surface area contributed by atoms with Crippen LogP contribution in [0.25, 0.3) is 0 Å². The SMILES string of the molecule is CC1CCc2nc(CNC(=O)N[C@@H](C)c3ccc4c(c3)CCO4)sc2C1. The molecule has 1 unspecified atom stereocenters. The third-order valence-electron chi connectivity index (χ3n) is 5.19. The van der Waals surface area contributed by atoms with Gasteiger partial charge in [0.15, 0.2) is 0 Å². The van der Waals surface area contributed by atoms with E-state index in [4.69, 9.17) is 9.72 Å². The van der Waals surface area contributed by atoms with Crippen molar-refractivity contribution in [1.29, 1.82) is 0 Å². The van der Waals surface area contributed by atoms with Crippen LogP contribution in [-0.4, -0.2) is 17.6 Å². The molecule has 0 bridgehead atoms. The number of carbonyl (C=O) groups is 1. The molecule has 5 nitrogen and oxygen atoms in total. The van der Waals surface area contributed by atoms with E-state index < -0.39 is 0 Å². The second kappa shape index (κ2) is 7.27. The predicted octanol–water partition coefficient (Wildman–Crippen LogP) is 3.76. The number of aromatic nitrogens is 1. The minimum atomic E-state index is -0.157. The minimum absolute atomic E-state index is 0.0498. The summed E-state index contributed by atoms with van der Waals surface area (Å²) in [4.78, 5) is 18.4. The number of urea groups is 1. The molecule has 2 atom stereocenters. The number of ether oxygens (including phenoxy) is 1. The van der Waals surface area contributed by atoms with E-state index in [1.54, 1.807) is 11.3 Å². The largest absolute Gasteiger partial charge is 0.493 e. The zero-order valence-corrected chi connectivity index (χ0v) is 16.1. The van der Waals surface area contributed by atoms with Crippen LogP contribution in [0.1, 0.15) is 53.0 Å². The lowest BCUT2D eigenvalue weighted by Crippen LogP contribution is -2.36. The molecule has 0 saturated carbocycles. The van der Waals surface area contributed by atoms with Gasteiger partial charge in [0.1, 0.15) is 10.8 Å². The monoisotopic (exact) mass is 371 g/mol. The molecule has 0 spiro atoms. The van der Waals surface area contributed by atoms with Crippen LogP contribution in [0.2, 0.25) is 0 Å². The molecule has 1 aliphatic heterocycles. The molecule has 0 saturated heterocycles. The number of nitrogens with zero attached hydrogens (tertiary/aromatic N) is 1. The summed E-state index contributed by atoms with van der Waals surface area (Å²) in [5.74, 6) is 1.71. The number of carbonyl (C=O) groups excluding carboxylic acids is 1. The average molecular weight is 372 g/mol. The Bertz CT molecular complexity index is 817. The normalized spacial score (nSPS) is 19.2. The van der Waals surface area contributed by atoms with Crippen molar-refractivity contribution < 1.29 is 9.53 Å². The standard InChI is InChI=1S/C20H25N3O2S/c1-12-3-5-16-18(9-12)26-19(23-16)11-21-20(24)22-13(2)14-4-6-17-15(10-14)7-8-25-17/h4,6,10,12-13H,3,5,7-9,11H2,1-2H3,(H2,21,22,24)/t12?,13-/m0/s1. The number of hydrogen-bond acceptors (Lipinski definition) is 4. The van der Waals surface area contributed by atoms with Crippen LogP contribution < -0.4 is 15.4 Å². The Hall–Kier alpha value is -2.08. The van der Waals surface area contributed by atoms with Crippen molar-refractivity contribution in [2.45, 2.75) is 52.1 Å². The van der Waals surface area contributed by atoms with Crippen LogP contribution in [0.3, 0.4) is 0 Å². The van der Waals surface area contributed by atoms with E-state index in [9.17, 15) is 4.79 Å². The predicted molar refractivity (Wildman–Crippen MR) is 103 cm³/mol. The number of fused-ring (bicyclic) bond motifs is 2. The molecule has 1 aromatic carbocycles. The Labute approximate surface area is 158 Å². The zero-order chi connectivity index (χ0) is 18.1. The molecule has 26 heavy (non-hydrogen) atoms. The highest BCUT2D eigenvalue weighted by molar-refractivity contribution is 7.11. The molecule has 4 rings (SSSR count). The molecule has 2 N–H and O–H groups in total. The van der Waals surface area contributed by atoms with Gasteiger partial charge in [-0.25, -0.2) is 9.78 Å². The Kier molecular flexibility index (Phi) is 4.85. The van der Waals surface area contributed by atoms with Crippen LogP contribution >= 0.6 is 11.3 Å². The number of hydrogen-bond donors (Lipinski definition) is 2. The van der Waals surface area contributed by atoms with Gasteiger partial charge in [-0.1, -0.05) is 13.0 Å². The summed E-state index contributed by atoms with van der Waals surface area (Å²) in [7, 11) is 0. The highest BCUT2D eigenvalue weighted by atomic mass is 32.1. The summed E-state index contributed by atoms with van der Waals surface area (Å²) in [6.45, 7) is 5.53. The third-order valence-corrected chi connectivity index (χ3v) is 6.31. The van der Waals surface area contributed by atoms with Gasteiger partial charge >= 0.3 is 6.03 Å². The Balaban J connectivity index is 1.31. The number of rotatable bonds is 4. The van der Waals surface area contributed by atoms with E-state index in [0.717, 1.165) is 48.1 Å². The van der Waals surface area contributed by atoms with Gasteiger partial charge in [0.25, 0.3) is 0 Å². The summed E-state index contributed by atoms with van der Waals surface area (Å²) >= 11 is 1.74. The van der Waals surface area contributed by atoms with Crippen LogP contribution in [0.15, 0.2) is 18.2 Å². The molecule has 2 heterocycles. The fourth-order valence-corrected chi connectivity index (χ4v) is 4.85. The van der Waals surface area contributed by atoms with Crippen molar-refractivity contribution in [3.8, 4) is 5.75 Å². The Morgan fingerprint density at radius 1 is 1.42 bits per heavy atom. The number of benzene rings is 1. The quantitative estimate of drug-likeness (QED) is 0.860. The van der Waals surface area contributed by atoms with Crippen molar-refractivity contribution in [2.24, 2.45) is 5.92 Å². The van der Waals surface area contributed by atoms with Gasteiger partial charge in [-0.3, -0.25) is 0 Å². The highest BCUT2D eigenvalue weighted by Crippen LogP contribution is 2.30. The van der Waals surface area contributed by atoms with E-state index in [2.05, 4.69) is 23.6 Å². The smallest absolute Gasteiger partial charge is 0.315 e. The first kappa shape index (κ1) is 17.3. The Morgan fingerprint density at radius 3 is 3.19 bits per heavy atom. The molecule has 2 amide bonds. The fourth-order valence-electron chi connectivity index (χ4n) is 3.63. The van der Waals surface area contributed by atoms with Crippen LogP contribution in [-0.2, 0) is 25.8 Å². The van der Waals surface area contributed by atoms with Crippen molar-refractivity contribution in [2.75, 3.05) is 6.61 Å². The first-order valence-electron chi connectivity index (χ1n) is 9.36. The van der Waals surface area contributed by atoms with E-state index in [1.165, 1.54) is 22.6 Å². The summed E-state index contributed by atoms with van der Waals surface area (Å²) in [6, 6.07) is 5.94. The molecule has 2 aromatic rings. The molecule has 138 valence electrons. The summed E-state index contributed by atoms with van der Waals surface area (Å²) < 4.78 is 5.54. The summed E-state index contributed by atoms with van der Waals surface area (Å²) in [5, 5.41) is 6.96. The second-order valence-corrected chi connectivity index (χ2v) is 8.51. The van der Waals surface area contributed by atoms with E-state index in [1.807, 2.05) is 19.1 Å². The van der Waals surface area contributed by atoms with E-state index in [0.29, 0.717) is 6.54 Å². The highest BCUT2D eigenvalue weighted by Gasteiger charge is 2.20. The topological polar surface area (TPSA) is 63.2 Å². The van der Waals surface area contributed by atoms with Gasteiger partial charge in [-0.15, -0.1) is 11.3 Å². The average Bonchev–Trinajstić information content (AvgIpc) is 3.24. The maximum Gasteiger partial charge on any atom is 0.315 e. The van der Waals surface area contributed by atoms with Crippen molar-refractivity contribution in [1.82, 2.24) is 15.6 Å². The maximum absolute atomic E-state index is 12.3. The number of amides is 2. The van der Waals surface area contributed by atoms with Crippen LogP contribution in [0, 0.1) is 5.92 Å². The summed E-state index contributed by atoms with van der Waals surface area (Å²) in [6.07, 6.45) is 4.35. The van der Waals surface area contributed by atoms with Gasteiger partial charge in [0.2, 0.25) is 0 Å². The second-order valence-electron chi connectivity index (χ2n) is 7.34. The Morgan fingerprint density at radius 2 is 2.31 bits per heavy atom. The molecule has 1 aliphatic carbocycles. The summed E-state index contributed by atoms with van der Waals surface area (Å²) in [5.41, 5.74) is 3.56.